The number of thioether (sulfide) groups is 1. The quantitative estimate of drug-likeness (QED) is 0.592. The number of likely N-dealkylation sites (N-methyl/N-ethyl adjacent to an activating group) is 1. The number of aromatic nitrogens is 4. The maximum Gasteiger partial charge on any atom is 0.191 e. The molecule has 2 aromatic heterocycles. The Morgan fingerprint density at radius 2 is 1.78 bits per heavy atom. The van der Waals surface area contributed by atoms with Crippen LogP contribution in [-0.2, 0) is 7.05 Å². The van der Waals surface area contributed by atoms with Crippen LogP contribution in [0, 0.1) is 0 Å². The zero-order valence-electron chi connectivity index (χ0n) is 13.9. The number of piperazine rings is 1. The average molecular weight is 332 g/mol. The number of hydrogen-bond donors (Lipinski definition) is 0. The Balaban J connectivity index is 1.47. The Kier molecular flexibility index (Phi) is 5.64. The van der Waals surface area contributed by atoms with E-state index in [-0.39, 0.29) is 0 Å². The number of hydrogen-bond acceptors (Lipinski definition) is 6. The third-order valence-corrected chi connectivity index (χ3v) is 5.33. The van der Waals surface area contributed by atoms with Crippen molar-refractivity contribution in [3.8, 4) is 11.4 Å². The van der Waals surface area contributed by atoms with E-state index < -0.39 is 0 Å². The van der Waals surface area contributed by atoms with Gasteiger partial charge in [0.1, 0.15) is 0 Å². The van der Waals surface area contributed by atoms with E-state index in [0.717, 1.165) is 22.3 Å². The van der Waals surface area contributed by atoms with Crippen molar-refractivity contribution in [3.63, 3.8) is 0 Å². The molecule has 2 aromatic rings. The van der Waals surface area contributed by atoms with Gasteiger partial charge in [-0.2, -0.15) is 0 Å². The van der Waals surface area contributed by atoms with Crippen molar-refractivity contribution in [2.24, 2.45) is 7.05 Å². The molecule has 0 N–H and O–H groups in total. The first kappa shape index (κ1) is 16.4. The minimum Gasteiger partial charge on any atom is -0.305 e. The predicted molar refractivity (Wildman–Crippen MR) is 93.5 cm³/mol. The van der Waals surface area contributed by atoms with Crippen molar-refractivity contribution >= 4 is 11.8 Å². The summed E-state index contributed by atoms with van der Waals surface area (Å²) in [7, 11) is 4.22. The van der Waals surface area contributed by atoms with Gasteiger partial charge in [-0.1, -0.05) is 11.8 Å². The summed E-state index contributed by atoms with van der Waals surface area (Å²) in [5.41, 5.74) is 1.05. The molecule has 0 aromatic carbocycles. The second-order valence-corrected chi connectivity index (χ2v) is 7.01. The molecule has 0 unspecified atom stereocenters. The van der Waals surface area contributed by atoms with Crippen LogP contribution in [0.25, 0.3) is 11.4 Å². The zero-order chi connectivity index (χ0) is 16.1. The molecule has 0 spiro atoms. The molecule has 23 heavy (non-hydrogen) atoms. The fourth-order valence-electron chi connectivity index (χ4n) is 2.72. The van der Waals surface area contributed by atoms with Gasteiger partial charge in [-0.25, -0.2) is 0 Å². The van der Waals surface area contributed by atoms with E-state index in [1.165, 1.54) is 39.1 Å². The second-order valence-electron chi connectivity index (χ2n) is 5.95. The van der Waals surface area contributed by atoms with E-state index in [2.05, 4.69) is 36.6 Å². The normalized spacial score (nSPS) is 16.8. The molecule has 124 valence electrons. The molecule has 0 bridgehead atoms. The van der Waals surface area contributed by atoms with Gasteiger partial charge in [-0.05, 0) is 32.1 Å². The lowest BCUT2D eigenvalue weighted by Crippen LogP contribution is -2.44. The fraction of sp³-hybridized carbons (Fsp3) is 0.562. The molecule has 3 rings (SSSR count). The monoisotopic (exact) mass is 332 g/mol. The topological polar surface area (TPSA) is 50.1 Å². The molecule has 0 saturated carbocycles. The predicted octanol–water partition coefficient (Wildman–Crippen LogP) is 1.61. The van der Waals surface area contributed by atoms with Gasteiger partial charge in [0.2, 0.25) is 0 Å². The van der Waals surface area contributed by atoms with Crippen LogP contribution < -0.4 is 0 Å². The second kappa shape index (κ2) is 7.90. The maximum atomic E-state index is 4.32. The molecule has 1 aliphatic heterocycles. The Morgan fingerprint density at radius 1 is 1.04 bits per heavy atom. The highest BCUT2D eigenvalue weighted by molar-refractivity contribution is 7.99. The molecule has 0 radical (unpaired) electrons. The summed E-state index contributed by atoms with van der Waals surface area (Å²) >= 11 is 1.79. The van der Waals surface area contributed by atoms with Gasteiger partial charge in [0.15, 0.2) is 11.0 Å². The molecular formula is C16H24N6S. The Hall–Kier alpha value is -1.44. The molecule has 3 heterocycles. The molecule has 7 heteroatoms. The third kappa shape index (κ3) is 4.31. The minimum atomic E-state index is 0.897. The van der Waals surface area contributed by atoms with Crippen LogP contribution in [-0.4, -0.2) is 75.1 Å². The van der Waals surface area contributed by atoms with Gasteiger partial charge >= 0.3 is 0 Å². The maximum absolute atomic E-state index is 4.32. The van der Waals surface area contributed by atoms with Gasteiger partial charge in [0.25, 0.3) is 0 Å². The average Bonchev–Trinajstić information content (AvgIpc) is 2.95. The van der Waals surface area contributed by atoms with E-state index in [0.29, 0.717) is 0 Å². The van der Waals surface area contributed by atoms with Crippen molar-refractivity contribution in [1.29, 1.82) is 0 Å². The van der Waals surface area contributed by atoms with Crippen LogP contribution >= 0.6 is 11.8 Å². The minimum absolute atomic E-state index is 0.897. The summed E-state index contributed by atoms with van der Waals surface area (Å²) in [5.74, 6) is 1.98. The molecule has 0 amide bonds. The first-order valence-electron chi connectivity index (χ1n) is 8.07. The lowest BCUT2D eigenvalue weighted by atomic mass is 10.2. The molecule has 0 aliphatic carbocycles. The van der Waals surface area contributed by atoms with Crippen LogP contribution in [0.2, 0.25) is 0 Å². The molecule has 1 saturated heterocycles. The van der Waals surface area contributed by atoms with E-state index in [4.69, 9.17) is 0 Å². The zero-order valence-corrected chi connectivity index (χ0v) is 14.7. The van der Waals surface area contributed by atoms with Crippen LogP contribution in [0.15, 0.2) is 29.7 Å². The Bertz CT molecular complexity index is 606. The van der Waals surface area contributed by atoms with Gasteiger partial charge in [-0.15, -0.1) is 10.2 Å². The lowest BCUT2D eigenvalue weighted by molar-refractivity contribution is 0.154. The largest absolute Gasteiger partial charge is 0.305 e. The molecule has 1 aliphatic rings. The van der Waals surface area contributed by atoms with Crippen LogP contribution in [0.1, 0.15) is 6.42 Å². The highest BCUT2D eigenvalue weighted by Gasteiger charge is 2.14. The van der Waals surface area contributed by atoms with E-state index in [9.17, 15) is 0 Å². The van der Waals surface area contributed by atoms with Crippen molar-refractivity contribution in [2.45, 2.75) is 11.6 Å². The summed E-state index contributed by atoms with van der Waals surface area (Å²) in [5, 5.41) is 9.61. The third-order valence-electron chi connectivity index (χ3n) is 4.22. The smallest absolute Gasteiger partial charge is 0.191 e. The summed E-state index contributed by atoms with van der Waals surface area (Å²) in [6.45, 7) is 5.93. The van der Waals surface area contributed by atoms with Crippen molar-refractivity contribution < 1.29 is 0 Å². The van der Waals surface area contributed by atoms with Crippen molar-refractivity contribution in [2.75, 3.05) is 45.5 Å². The summed E-state index contributed by atoms with van der Waals surface area (Å²) in [4.78, 5) is 9.00. The van der Waals surface area contributed by atoms with E-state index in [1.807, 2.05) is 19.2 Å². The highest BCUT2D eigenvalue weighted by atomic mass is 32.2. The summed E-state index contributed by atoms with van der Waals surface area (Å²) in [6, 6.07) is 3.93. The number of rotatable bonds is 6. The van der Waals surface area contributed by atoms with Gasteiger partial charge in [-0.3, -0.25) is 4.98 Å². The molecular weight excluding hydrogens is 308 g/mol. The lowest BCUT2D eigenvalue weighted by Gasteiger charge is -2.32. The van der Waals surface area contributed by atoms with Crippen LogP contribution in [0.3, 0.4) is 0 Å². The van der Waals surface area contributed by atoms with Crippen LogP contribution in [0.4, 0.5) is 0 Å². The van der Waals surface area contributed by atoms with Crippen molar-refractivity contribution in [1.82, 2.24) is 29.5 Å². The first-order valence-corrected chi connectivity index (χ1v) is 9.06. The molecule has 0 atom stereocenters. The first-order chi connectivity index (χ1) is 11.2. The van der Waals surface area contributed by atoms with E-state index >= 15 is 0 Å². The Labute approximate surface area is 141 Å². The standard InChI is InChI=1S/C16H24N6S/c1-20-9-11-22(12-10-20)8-3-13-23-16-19-18-15(21(16)2)14-4-6-17-7-5-14/h4-7H,3,8-13H2,1-2H3. The molecule has 6 nitrogen and oxygen atoms in total. The summed E-state index contributed by atoms with van der Waals surface area (Å²) in [6.07, 6.45) is 4.76. The SMILES string of the molecule is CN1CCN(CCCSc2nnc(-c3ccncc3)n2C)CC1. The van der Waals surface area contributed by atoms with Crippen LogP contribution in [0.5, 0.6) is 0 Å². The highest BCUT2D eigenvalue weighted by Crippen LogP contribution is 2.22. The number of nitrogens with zero attached hydrogens (tertiary/aromatic N) is 6. The van der Waals surface area contributed by atoms with Gasteiger partial charge in [0.05, 0.1) is 0 Å². The van der Waals surface area contributed by atoms with E-state index in [1.54, 1.807) is 24.2 Å². The van der Waals surface area contributed by atoms with Gasteiger partial charge in [0, 0.05) is 56.9 Å². The summed E-state index contributed by atoms with van der Waals surface area (Å²) < 4.78 is 2.07. The van der Waals surface area contributed by atoms with Crippen molar-refractivity contribution in [3.05, 3.63) is 24.5 Å². The molecule has 1 fully saturated rings. The Morgan fingerprint density at radius 3 is 2.52 bits per heavy atom. The van der Waals surface area contributed by atoms with Gasteiger partial charge < -0.3 is 14.4 Å². The fourth-order valence-corrected chi connectivity index (χ4v) is 3.55. The number of pyridine rings is 1.